The average molecular weight is 557 g/mol. The molecular weight excluding hydrogens is 521 g/mol. The van der Waals surface area contributed by atoms with E-state index >= 15 is 0 Å². The third-order valence-electron chi connectivity index (χ3n) is 5.41. The summed E-state index contributed by atoms with van der Waals surface area (Å²) in [4.78, 5) is 32.4. The van der Waals surface area contributed by atoms with Gasteiger partial charge in [0.15, 0.2) is 5.96 Å². The fourth-order valence-electron chi connectivity index (χ4n) is 3.99. The van der Waals surface area contributed by atoms with Crippen molar-refractivity contribution in [2.45, 2.75) is 64.8 Å². The lowest BCUT2D eigenvalue weighted by Crippen LogP contribution is -2.44. The highest BCUT2D eigenvalue weighted by atomic mass is 127. The molecule has 178 valence electrons. The van der Waals surface area contributed by atoms with Crippen LogP contribution in [-0.2, 0) is 22.6 Å². The maximum absolute atomic E-state index is 12.0. The van der Waals surface area contributed by atoms with E-state index in [1.54, 1.807) is 7.05 Å². The van der Waals surface area contributed by atoms with Gasteiger partial charge in [-0.05, 0) is 44.7 Å². The average Bonchev–Trinajstić information content (AvgIpc) is 3.30. The second-order valence-corrected chi connectivity index (χ2v) is 9.22. The van der Waals surface area contributed by atoms with Gasteiger partial charge >= 0.3 is 6.09 Å². The molecule has 2 heterocycles. The molecule has 0 bridgehead atoms. The molecule has 2 N–H and O–H groups in total. The third kappa shape index (κ3) is 7.83. The Labute approximate surface area is 208 Å². The largest absolute Gasteiger partial charge is 0.444 e. The van der Waals surface area contributed by atoms with Crippen LogP contribution in [0, 0.1) is 0 Å². The molecule has 2 fully saturated rings. The molecular formula is C23H36IN5O3. The van der Waals surface area contributed by atoms with Crippen molar-refractivity contribution in [3.63, 3.8) is 0 Å². The minimum atomic E-state index is -0.503. The van der Waals surface area contributed by atoms with Crippen LogP contribution in [0.25, 0.3) is 0 Å². The number of aliphatic imine (C=N–C) groups is 1. The van der Waals surface area contributed by atoms with Crippen molar-refractivity contribution in [2.24, 2.45) is 4.99 Å². The lowest BCUT2D eigenvalue weighted by Gasteiger charge is -2.23. The molecule has 2 saturated heterocycles. The van der Waals surface area contributed by atoms with Gasteiger partial charge in [-0.3, -0.25) is 9.79 Å². The van der Waals surface area contributed by atoms with Gasteiger partial charge in [-0.25, -0.2) is 4.79 Å². The van der Waals surface area contributed by atoms with Crippen LogP contribution >= 0.6 is 24.0 Å². The van der Waals surface area contributed by atoms with Gasteiger partial charge in [0.2, 0.25) is 5.91 Å². The first-order chi connectivity index (χ1) is 14.7. The summed E-state index contributed by atoms with van der Waals surface area (Å²) in [6, 6.07) is 8.36. The van der Waals surface area contributed by atoms with Crippen molar-refractivity contribution in [3.05, 3.63) is 35.4 Å². The van der Waals surface area contributed by atoms with Crippen LogP contribution in [0.5, 0.6) is 0 Å². The zero-order chi connectivity index (χ0) is 22.4. The Balaban J connectivity index is 0.00000363. The standard InChI is InChI=1S/C23H35N5O3.HI/c1-23(2,3)31-22(30)26-19-10-12-28(16-19)21(24-4)25-14-17-7-5-8-18(13-17)15-27-11-6-9-20(27)29;/h5,7-8,13,19H,6,9-12,14-16H2,1-4H3,(H,24,25)(H,26,30);1H. The Bertz CT molecular complexity index is 824. The summed E-state index contributed by atoms with van der Waals surface area (Å²) in [5, 5.41) is 6.37. The second kappa shape index (κ2) is 11.7. The number of halogens is 1. The zero-order valence-electron chi connectivity index (χ0n) is 19.5. The van der Waals surface area contributed by atoms with E-state index in [-0.39, 0.29) is 42.0 Å². The Morgan fingerprint density at radius 1 is 1.25 bits per heavy atom. The molecule has 0 saturated carbocycles. The first-order valence-electron chi connectivity index (χ1n) is 11.0. The number of benzene rings is 1. The summed E-state index contributed by atoms with van der Waals surface area (Å²) in [7, 11) is 1.77. The molecule has 0 aromatic heterocycles. The Morgan fingerprint density at radius 3 is 2.66 bits per heavy atom. The third-order valence-corrected chi connectivity index (χ3v) is 5.41. The second-order valence-electron chi connectivity index (χ2n) is 9.22. The van der Waals surface area contributed by atoms with E-state index < -0.39 is 5.60 Å². The minimum Gasteiger partial charge on any atom is -0.444 e. The van der Waals surface area contributed by atoms with Crippen molar-refractivity contribution < 1.29 is 14.3 Å². The summed E-state index contributed by atoms with van der Waals surface area (Å²) >= 11 is 0. The molecule has 1 aromatic rings. The lowest BCUT2D eigenvalue weighted by atomic mass is 10.1. The summed E-state index contributed by atoms with van der Waals surface area (Å²) in [5.41, 5.74) is 1.79. The SMILES string of the molecule is CN=C(NCc1cccc(CN2CCCC2=O)c1)N1CCC(NC(=O)OC(C)(C)C)C1.I. The Hall–Kier alpha value is -2.04. The lowest BCUT2D eigenvalue weighted by molar-refractivity contribution is -0.128. The molecule has 2 aliphatic heterocycles. The normalized spacial score (nSPS) is 19.1. The summed E-state index contributed by atoms with van der Waals surface area (Å²) in [5.74, 6) is 1.06. The van der Waals surface area contributed by atoms with Crippen LogP contribution in [0.2, 0.25) is 0 Å². The number of ether oxygens (including phenoxy) is 1. The molecule has 0 aliphatic carbocycles. The minimum absolute atomic E-state index is 0. The number of nitrogens with one attached hydrogen (secondary N) is 2. The smallest absolute Gasteiger partial charge is 0.407 e. The fraction of sp³-hybridized carbons (Fsp3) is 0.609. The monoisotopic (exact) mass is 557 g/mol. The van der Waals surface area contributed by atoms with Gasteiger partial charge in [0.1, 0.15) is 5.60 Å². The van der Waals surface area contributed by atoms with E-state index in [1.807, 2.05) is 31.7 Å². The number of guanidine groups is 1. The predicted molar refractivity (Wildman–Crippen MR) is 136 cm³/mol. The molecule has 1 atom stereocenters. The van der Waals surface area contributed by atoms with E-state index in [2.05, 4.69) is 38.7 Å². The first-order valence-corrected chi connectivity index (χ1v) is 11.0. The summed E-state index contributed by atoms with van der Waals surface area (Å²) < 4.78 is 5.35. The molecule has 0 radical (unpaired) electrons. The van der Waals surface area contributed by atoms with Crippen LogP contribution in [0.1, 0.15) is 51.2 Å². The number of carbonyl (C=O) groups is 2. The number of hydrogen-bond acceptors (Lipinski definition) is 4. The van der Waals surface area contributed by atoms with Crippen LogP contribution in [0.4, 0.5) is 4.79 Å². The van der Waals surface area contributed by atoms with Gasteiger partial charge in [-0.2, -0.15) is 0 Å². The molecule has 32 heavy (non-hydrogen) atoms. The van der Waals surface area contributed by atoms with E-state index in [1.165, 1.54) is 0 Å². The highest BCUT2D eigenvalue weighted by molar-refractivity contribution is 14.0. The van der Waals surface area contributed by atoms with Crippen LogP contribution < -0.4 is 10.6 Å². The van der Waals surface area contributed by atoms with Gasteiger partial charge in [0.25, 0.3) is 0 Å². The highest BCUT2D eigenvalue weighted by Gasteiger charge is 2.28. The van der Waals surface area contributed by atoms with E-state index in [0.29, 0.717) is 26.1 Å². The number of amides is 2. The molecule has 3 rings (SSSR count). The first kappa shape index (κ1) is 26.2. The van der Waals surface area contributed by atoms with Crippen molar-refractivity contribution in [1.82, 2.24) is 20.4 Å². The molecule has 1 aromatic carbocycles. The Kier molecular flexibility index (Phi) is 9.60. The van der Waals surface area contributed by atoms with E-state index in [0.717, 1.165) is 43.0 Å². The molecule has 8 nitrogen and oxygen atoms in total. The topological polar surface area (TPSA) is 86.3 Å². The molecule has 2 aliphatic rings. The summed E-state index contributed by atoms with van der Waals surface area (Å²) in [6.07, 6.45) is 2.09. The number of hydrogen-bond donors (Lipinski definition) is 2. The van der Waals surface area contributed by atoms with Crippen molar-refractivity contribution in [2.75, 3.05) is 26.7 Å². The Morgan fingerprint density at radius 2 is 2.00 bits per heavy atom. The molecule has 9 heteroatoms. The van der Waals surface area contributed by atoms with Crippen LogP contribution in [0.15, 0.2) is 29.3 Å². The number of alkyl carbamates (subject to hydrolysis) is 1. The number of likely N-dealkylation sites (tertiary alicyclic amines) is 2. The van der Waals surface area contributed by atoms with Crippen molar-refractivity contribution in [1.29, 1.82) is 0 Å². The van der Waals surface area contributed by atoms with Crippen molar-refractivity contribution >= 4 is 41.9 Å². The van der Waals surface area contributed by atoms with Crippen LogP contribution in [0.3, 0.4) is 0 Å². The number of carbonyl (C=O) groups excluding carboxylic acids is 2. The van der Waals surface area contributed by atoms with Gasteiger partial charge in [-0.15, -0.1) is 24.0 Å². The van der Waals surface area contributed by atoms with E-state index in [9.17, 15) is 9.59 Å². The number of nitrogens with zero attached hydrogens (tertiary/aromatic N) is 3. The zero-order valence-corrected chi connectivity index (χ0v) is 21.8. The van der Waals surface area contributed by atoms with Gasteiger partial charge in [0, 0.05) is 46.2 Å². The van der Waals surface area contributed by atoms with Gasteiger partial charge in [0.05, 0.1) is 6.04 Å². The highest BCUT2D eigenvalue weighted by Crippen LogP contribution is 2.16. The fourth-order valence-corrected chi connectivity index (χ4v) is 3.99. The summed E-state index contributed by atoms with van der Waals surface area (Å²) in [6.45, 7) is 9.25. The van der Waals surface area contributed by atoms with Gasteiger partial charge in [-0.1, -0.05) is 24.3 Å². The maximum atomic E-state index is 12.0. The molecule has 2 amide bonds. The maximum Gasteiger partial charge on any atom is 0.407 e. The van der Waals surface area contributed by atoms with Crippen LogP contribution in [-0.4, -0.2) is 66.1 Å². The predicted octanol–water partition coefficient (Wildman–Crippen LogP) is 3.10. The van der Waals surface area contributed by atoms with E-state index in [4.69, 9.17) is 4.74 Å². The number of rotatable bonds is 5. The molecule has 0 spiro atoms. The quantitative estimate of drug-likeness (QED) is 0.330. The molecule has 1 unspecified atom stereocenters. The van der Waals surface area contributed by atoms with Crippen molar-refractivity contribution in [3.8, 4) is 0 Å². The van der Waals surface area contributed by atoms with Gasteiger partial charge < -0.3 is 25.2 Å².